The number of thiazole rings is 1. The Morgan fingerprint density at radius 2 is 1.79 bits per heavy atom. The van der Waals surface area contributed by atoms with E-state index in [-0.39, 0.29) is 17.1 Å². The Labute approximate surface area is 171 Å². The van der Waals surface area contributed by atoms with Gasteiger partial charge >= 0.3 is 0 Å². The van der Waals surface area contributed by atoms with Crippen LogP contribution in [0.5, 0.6) is 0 Å². The third kappa shape index (κ3) is 4.18. The first-order valence-corrected chi connectivity index (χ1v) is 10.9. The standard InChI is InChI=1S/C22H29N3O2S/c1-4-25(5-2)21(27)19-16-28-20(23-19)15-24-13-11-22(12-14-24,17(3)26)18-9-7-6-8-10-18/h6-10,16H,4-5,11-15H2,1-3H3. The maximum Gasteiger partial charge on any atom is 0.273 e. The Morgan fingerprint density at radius 1 is 1.14 bits per heavy atom. The van der Waals surface area contributed by atoms with Crippen LogP contribution in [-0.4, -0.2) is 52.7 Å². The molecule has 0 bridgehead atoms. The molecular weight excluding hydrogens is 370 g/mol. The van der Waals surface area contributed by atoms with Gasteiger partial charge in [-0.05, 0) is 52.3 Å². The molecule has 1 aliphatic heterocycles. The van der Waals surface area contributed by atoms with E-state index in [1.807, 2.05) is 37.4 Å². The van der Waals surface area contributed by atoms with Gasteiger partial charge < -0.3 is 4.90 Å². The fourth-order valence-corrected chi connectivity index (χ4v) is 4.85. The summed E-state index contributed by atoms with van der Waals surface area (Å²) in [5.41, 5.74) is 1.30. The molecule has 28 heavy (non-hydrogen) atoms. The molecule has 1 fully saturated rings. The van der Waals surface area contributed by atoms with Crippen LogP contribution in [0.4, 0.5) is 0 Å². The molecule has 0 radical (unpaired) electrons. The van der Waals surface area contributed by atoms with Crippen LogP contribution in [0.2, 0.25) is 0 Å². The first-order valence-electron chi connectivity index (χ1n) is 10.0. The van der Waals surface area contributed by atoms with Gasteiger partial charge in [-0.3, -0.25) is 14.5 Å². The first kappa shape index (κ1) is 20.7. The van der Waals surface area contributed by atoms with Gasteiger partial charge in [0.25, 0.3) is 5.91 Å². The number of ketones is 1. The van der Waals surface area contributed by atoms with Crippen molar-refractivity contribution in [1.82, 2.24) is 14.8 Å². The summed E-state index contributed by atoms with van der Waals surface area (Å²) in [4.78, 5) is 33.7. The van der Waals surface area contributed by atoms with Gasteiger partial charge in [0.2, 0.25) is 0 Å². The van der Waals surface area contributed by atoms with E-state index in [1.165, 1.54) is 0 Å². The summed E-state index contributed by atoms with van der Waals surface area (Å²) in [5.74, 6) is 0.255. The van der Waals surface area contributed by atoms with Gasteiger partial charge in [-0.1, -0.05) is 30.3 Å². The molecule has 0 aliphatic carbocycles. The van der Waals surface area contributed by atoms with Gasteiger partial charge in [-0.15, -0.1) is 11.3 Å². The number of carbonyl (C=O) groups excluding carboxylic acids is 2. The molecule has 2 aromatic rings. The van der Waals surface area contributed by atoms with Crippen molar-refractivity contribution in [3.8, 4) is 0 Å². The zero-order chi connectivity index (χ0) is 20.1. The maximum absolute atomic E-state index is 12.5. The smallest absolute Gasteiger partial charge is 0.273 e. The van der Waals surface area contributed by atoms with Crippen molar-refractivity contribution in [2.24, 2.45) is 0 Å². The van der Waals surface area contributed by atoms with Crippen molar-refractivity contribution < 1.29 is 9.59 Å². The van der Waals surface area contributed by atoms with Crippen LogP contribution >= 0.6 is 11.3 Å². The average Bonchev–Trinajstić information content (AvgIpc) is 3.18. The summed E-state index contributed by atoms with van der Waals surface area (Å²) >= 11 is 1.55. The lowest BCUT2D eigenvalue weighted by Gasteiger charge is -2.40. The van der Waals surface area contributed by atoms with Crippen molar-refractivity contribution in [3.05, 3.63) is 52.0 Å². The Bertz CT molecular complexity index is 806. The summed E-state index contributed by atoms with van der Waals surface area (Å²) < 4.78 is 0. The van der Waals surface area contributed by atoms with Crippen LogP contribution in [0.25, 0.3) is 0 Å². The van der Waals surface area contributed by atoms with Crippen molar-refractivity contribution in [2.75, 3.05) is 26.2 Å². The van der Waals surface area contributed by atoms with E-state index in [2.05, 4.69) is 22.0 Å². The molecule has 1 aromatic carbocycles. The van der Waals surface area contributed by atoms with E-state index in [4.69, 9.17) is 0 Å². The summed E-state index contributed by atoms with van der Waals surface area (Å²) in [7, 11) is 0. The van der Waals surface area contributed by atoms with Crippen LogP contribution in [0.1, 0.15) is 54.7 Å². The highest BCUT2D eigenvalue weighted by Gasteiger charge is 2.40. The lowest BCUT2D eigenvalue weighted by atomic mass is 9.70. The zero-order valence-electron chi connectivity index (χ0n) is 17.0. The van der Waals surface area contributed by atoms with Crippen molar-refractivity contribution in [3.63, 3.8) is 0 Å². The molecule has 6 heteroatoms. The summed E-state index contributed by atoms with van der Waals surface area (Å²) in [6.45, 7) is 9.52. The highest BCUT2D eigenvalue weighted by molar-refractivity contribution is 7.09. The number of Topliss-reactive ketones (excluding diaryl/α,β-unsaturated/α-hetero) is 1. The third-order valence-corrected chi connectivity index (χ3v) is 6.72. The minimum Gasteiger partial charge on any atom is -0.338 e. The van der Waals surface area contributed by atoms with Crippen molar-refractivity contribution >= 4 is 23.0 Å². The Morgan fingerprint density at radius 3 is 2.36 bits per heavy atom. The van der Waals surface area contributed by atoms with Crippen LogP contribution in [0, 0.1) is 0 Å². The quantitative estimate of drug-likeness (QED) is 0.712. The summed E-state index contributed by atoms with van der Waals surface area (Å²) in [6.07, 6.45) is 1.64. The molecular formula is C22H29N3O2S. The van der Waals surface area contributed by atoms with E-state index in [9.17, 15) is 9.59 Å². The second kappa shape index (κ2) is 8.97. The van der Waals surface area contributed by atoms with Crippen LogP contribution in [-0.2, 0) is 16.8 Å². The molecule has 1 aliphatic rings. The molecule has 3 rings (SSSR count). The Kier molecular flexibility index (Phi) is 6.62. The van der Waals surface area contributed by atoms with Crippen LogP contribution < -0.4 is 0 Å². The predicted molar refractivity (Wildman–Crippen MR) is 113 cm³/mol. The lowest BCUT2D eigenvalue weighted by Crippen LogP contribution is -2.46. The van der Waals surface area contributed by atoms with Gasteiger partial charge in [0, 0.05) is 18.5 Å². The maximum atomic E-state index is 12.5. The van der Waals surface area contributed by atoms with Crippen LogP contribution in [0.3, 0.4) is 0 Å². The molecule has 150 valence electrons. The van der Waals surface area contributed by atoms with Gasteiger partial charge in [-0.25, -0.2) is 4.98 Å². The largest absolute Gasteiger partial charge is 0.338 e. The predicted octanol–water partition coefficient (Wildman–Crippen LogP) is 3.75. The number of nitrogens with zero attached hydrogens (tertiary/aromatic N) is 3. The number of hydrogen-bond donors (Lipinski definition) is 0. The molecule has 0 N–H and O–H groups in total. The molecule has 0 atom stereocenters. The minimum atomic E-state index is -0.371. The highest BCUT2D eigenvalue weighted by Crippen LogP contribution is 2.37. The molecule has 1 saturated heterocycles. The van der Waals surface area contributed by atoms with E-state index < -0.39 is 0 Å². The Balaban J connectivity index is 1.65. The number of likely N-dealkylation sites (tertiary alicyclic amines) is 1. The normalized spacial score (nSPS) is 16.7. The Hall–Kier alpha value is -2.05. The van der Waals surface area contributed by atoms with Gasteiger partial charge in [0.15, 0.2) is 0 Å². The summed E-state index contributed by atoms with van der Waals surface area (Å²) in [5, 5.41) is 2.83. The van der Waals surface area contributed by atoms with E-state index in [1.54, 1.807) is 23.2 Å². The number of piperidine rings is 1. The van der Waals surface area contributed by atoms with E-state index in [0.29, 0.717) is 18.8 Å². The summed E-state index contributed by atoms with van der Waals surface area (Å²) in [6, 6.07) is 10.2. The topological polar surface area (TPSA) is 53.5 Å². The number of hydrogen-bond acceptors (Lipinski definition) is 5. The van der Waals surface area contributed by atoms with Crippen molar-refractivity contribution in [1.29, 1.82) is 0 Å². The van der Waals surface area contributed by atoms with Gasteiger partial charge in [-0.2, -0.15) is 0 Å². The molecule has 2 heterocycles. The number of benzene rings is 1. The van der Waals surface area contributed by atoms with E-state index >= 15 is 0 Å². The number of rotatable bonds is 7. The third-order valence-electron chi connectivity index (χ3n) is 5.89. The average molecular weight is 400 g/mol. The zero-order valence-corrected chi connectivity index (χ0v) is 17.8. The molecule has 0 spiro atoms. The highest BCUT2D eigenvalue weighted by atomic mass is 32.1. The van der Waals surface area contributed by atoms with Gasteiger partial charge in [0.05, 0.1) is 12.0 Å². The second-order valence-corrected chi connectivity index (χ2v) is 8.33. The SMILES string of the molecule is CCN(CC)C(=O)c1csc(CN2CCC(C(C)=O)(c3ccccc3)CC2)n1. The van der Waals surface area contributed by atoms with Crippen LogP contribution in [0.15, 0.2) is 35.7 Å². The molecule has 1 amide bonds. The van der Waals surface area contributed by atoms with Gasteiger partial charge in [0.1, 0.15) is 16.5 Å². The molecule has 0 saturated carbocycles. The lowest BCUT2D eigenvalue weighted by molar-refractivity contribution is -0.124. The monoisotopic (exact) mass is 399 g/mol. The number of carbonyl (C=O) groups is 2. The molecule has 0 unspecified atom stereocenters. The van der Waals surface area contributed by atoms with Crippen molar-refractivity contribution in [2.45, 2.75) is 45.6 Å². The molecule has 5 nitrogen and oxygen atoms in total. The molecule has 1 aromatic heterocycles. The second-order valence-electron chi connectivity index (χ2n) is 7.38. The van der Waals surface area contributed by atoms with E-state index in [0.717, 1.165) is 43.0 Å². The fourth-order valence-electron chi connectivity index (χ4n) is 4.04. The number of amides is 1. The first-order chi connectivity index (χ1) is 13.5. The number of aromatic nitrogens is 1. The minimum absolute atomic E-state index is 0.00539. The fraction of sp³-hybridized carbons (Fsp3) is 0.500.